The molecule has 0 aliphatic heterocycles. The molecule has 0 radical (unpaired) electrons. The summed E-state index contributed by atoms with van der Waals surface area (Å²) in [5.74, 6) is -0.842. The molecule has 0 N–H and O–H groups in total. The lowest BCUT2D eigenvalue weighted by Gasteiger charge is -2.18. The van der Waals surface area contributed by atoms with E-state index < -0.39 is 6.10 Å². The smallest absolute Gasteiger partial charge is 0.306 e. The topological polar surface area (TPSA) is 78.9 Å². The number of allylic oxidation sites excluding steroid dienone is 4. The number of unbranched alkanes of at least 4 members (excludes halogenated alkanes) is 55. The monoisotopic (exact) mass is 1150 g/mol. The van der Waals surface area contributed by atoms with Crippen LogP contribution in [0.2, 0.25) is 0 Å². The van der Waals surface area contributed by atoms with E-state index in [-0.39, 0.29) is 31.1 Å². The normalized spacial score (nSPS) is 12.1. The van der Waals surface area contributed by atoms with Crippen molar-refractivity contribution >= 4 is 17.9 Å². The first-order valence-corrected chi connectivity index (χ1v) is 37.3. The van der Waals surface area contributed by atoms with Crippen LogP contribution >= 0.6 is 0 Å². The molecule has 0 saturated carbocycles. The summed E-state index contributed by atoms with van der Waals surface area (Å²) in [6, 6.07) is 0. The first-order chi connectivity index (χ1) is 40.5. The number of carbonyl (C=O) groups is 3. The van der Waals surface area contributed by atoms with Gasteiger partial charge in [0.25, 0.3) is 0 Å². The maximum Gasteiger partial charge on any atom is 0.306 e. The molecule has 0 rings (SSSR count). The Morgan fingerprint density at radius 3 is 0.671 bits per heavy atom. The van der Waals surface area contributed by atoms with E-state index in [1.54, 1.807) is 0 Å². The lowest BCUT2D eigenvalue weighted by atomic mass is 10.0. The number of rotatable bonds is 70. The third kappa shape index (κ3) is 68.7. The van der Waals surface area contributed by atoms with Crippen molar-refractivity contribution in [2.24, 2.45) is 0 Å². The molecule has 0 aliphatic rings. The van der Waals surface area contributed by atoms with Gasteiger partial charge in [0, 0.05) is 19.3 Å². The molecule has 1 atom stereocenters. The molecule has 1 unspecified atom stereocenters. The Morgan fingerprint density at radius 2 is 0.439 bits per heavy atom. The largest absolute Gasteiger partial charge is 0.462 e. The van der Waals surface area contributed by atoms with Crippen molar-refractivity contribution in [1.82, 2.24) is 0 Å². The Labute approximate surface area is 513 Å². The maximum absolute atomic E-state index is 12.9. The van der Waals surface area contributed by atoms with Gasteiger partial charge in [0.1, 0.15) is 13.2 Å². The van der Waals surface area contributed by atoms with E-state index in [1.807, 2.05) is 0 Å². The van der Waals surface area contributed by atoms with E-state index in [0.29, 0.717) is 19.3 Å². The van der Waals surface area contributed by atoms with Gasteiger partial charge in [0.15, 0.2) is 6.10 Å². The minimum Gasteiger partial charge on any atom is -0.462 e. The van der Waals surface area contributed by atoms with Crippen LogP contribution in [0.5, 0.6) is 0 Å². The first kappa shape index (κ1) is 79.9. The Balaban J connectivity index is 3.93. The van der Waals surface area contributed by atoms with Gasteiger partial charge in [-0.1, -0.05) is 379 Å². The van der Waals surface area contributed by atoms with Gasteiger partial charge in [-0.25, -0.2) is 0 Å². The molecule has 0 aromatic heterocycles. The predicted octanol–water partition coefficient (Wildman–Crippen LogP) is 25.7. The average molecular weight is 1150 g/mol. The summed E-state index contributed by atoms with van der Waals surface area (Å²) in [4.78, 5) is 38.1. The van der Waals surface area contributed by atoms with E-state index in [9.17, 15) is 14.4 Å². The van der Waals surface area contributed by atoms with Gasteiger partial charge in [0.2, 0.25) is 0 Å². The molecule has 0 aromatic carbocycles. The van der Waals surface area contributed by atoms with Gasteiger partial charge in [-0.15, -0.1) is 0 Å². The summed E-state index contributed by atoms with van der Waals surface area (Å²) < 4.78 is 16.9. The third-order valence-electron chi connectivity index (χ3n) is 17.2. The van der Waals surface area contributed by atoms with Gasteiger partial charge in [-0.05, 0) is 51.4 Å². The Kier molecular flexibility index (Phi) is 69.5. The zero-order chi connectivity index (χ0) is 59.2. The first-order valence-electron chi connectivity index (χ1n) is 37.3. The number of hydrogen-bond acceptors (Lipinski definition) is 6. The Bertz CT molecular complexity index is 1320. The standard InChI is InChI=1S/C76H144O6/c1-4-7-10-13-16-18-20-22-24-26-28-30-32-34-36-37-38-39-41-42-44-46-48-50-52-54-56-58-60-63-66-69-75(78)81-72-73(71-80-74(77)68-65-62-15-12-9-6-3)82-76(79)70-67-64-61-59-57-55-53-51-49-47-45-43-40-35-33-31-29-27-25-23-21-19-17-14-11-8-5-2/h20,22,26,28,73H,4-19,21,23-25,27,29-72H2,1-3H3/b22-20-,28-26-. The number of ether oxygens (including phenoxy) is 3. The molecular weight excluding hydrogens is 1010 g/mol. The summed E-state index contributed by atoms with van der Waals surface area (Å²) in [6.07, 6.45) is 88.5. The molecule has 82 heavy (non-hydrogen) atoms. The van der Waals surface area contributed by atoms with Crippen LogP contribution in [-0.2, 0) is 28.6 Å². The summed E-state index contributed by atoms with van der Waals surface area (Å²) in [6.45, 7) is 6.65. The number of carbonyl (C=O) groups excluding carboxylic acids is 3. The molecule has 0 fully saturated rings. The fraction of sp³-hybridized carbons (Fsp3) is 0.908. The van der Waals surface area contributed by atoms with Crippen LogP contribution in [0.3, 0.4) is 0 Å². The molecule has 0 spiro atoms. The Hall–Kier alpha value is -2.11. The van der Waals surface area contributed by atoms with E-state index in [4.69, 9.17) is 14.2 Å². The second kappa shape index (κ2) is 71.4. The summed E-state index contributed by atoms with van der Waals surface area (Å²) >= 11 is 0. The molecule has 0 amide bonds. The zero-order valence-electron chi connectivity index (χ0n) is 55.8. The highest BCUT2D eigenvalue weighted by atomic mass is 16.6. The van der Waals surface area contributed by atoms with Crippen LogP contribution < -0.4 is 0 Å². The highest BCUT2D eigenvalue weighted by Crippen LogP contribution is 2.19. The molecule has 0 heterocycles. The van der Waals surface area contributed by atoms with Crippen LogP contribution in [0, 0.1) is 0 Å². The van der Waals surface area contributed by atoms with Crippen LogP contribution in [0.1, 0.15) is 425 Å². The van der Waals surface area contributed by atoms with Crippen molar-refractivity contribution in [2.75, 3.05) is 13.2 Å². The highest BCUT2D eigenvalue weighted by molar-refractivity contribution is 5.71. The van der Waals surface area contributed by atoms with E-state index >= 15 is 0 Å². The van der Waals surface area contributed by atoms with Crippen molar-refractivity contribution in [3.8, 4) is 0 Å². The quantitative estimate of drug-likeness (QED) is 0.0261. The van der Waals surface area contributed by atoms with E-state index in [2.05, 4.69) is 45.1 Å². The van der Waals surface area contributed by atoms with Gasteiger partial charge >= 0.3 is 17.9 Å². The van der Waals surface area contributed by atoms with Crippen LogP contribution in [0.25, 0.3) is 0 Å². The van der Waals surface area contributed by atoms with Crippen LogP contribution in [0.15, 0.2) is 24.3 Å². The van der Waals surface area contributed by atoms with Crippen LogP contribution in [-0.4, -0.2) is 37.2 Å². The molecule has 6 nitrogen and oxygen atoms in total. The molecule has 484 valence electrons. The van der Waals surface area contributed by atoms with Gasteiger partial charge in [-0.2, -0.15) is 0 Å². The number of esters is 3. The summed E-state index contributed by atoms with van der Waals surface area (Å²) in [5, 5.41) is 0. The minimum atomic E-state index is -0.764. The number of hydrogen-bond donors (Lipinski definition) is 0. The van der Waals surface area contributed by atoms with Crippen molar-refractivity contribution < 1.29 is 28.6 Å². The molecule has 0 bridgehead atoms. The predicted molar refractivity (Wildman–Crippen MR) is 358 cm³/mol. The van der Waals surface area contributed by atoms with Crippen molar-refractivity contribution in [3.63, 3.8) is 0 Å². The molecule has 6 heteroatoms. The molecule has 0 saturated heterocycles. The average Bonchev–Trinajstić information content (AvgIpc) is 3.47. The minimum absolute atomic E-state index is 0.0643. The summed E-state index contributed by atoms with van der Waals surface area (Å²) in [7, 11) is 0. The van der Waals surface area contributed by atoms with Gasteiger partial charge in [0.05, 0.1) is 0 Å². The van der Waals surface area contributed by atoms with Crippen molar-refractivity contribution in [2.45, 2.75) is 431 Å². The Morgan fingerprint density at radius 1 is 0.244 bits per heavy atom. The lowest BCUT2D eigenvalue weighted by molar-refractivity contribution is -0.167. The van der Waals surface area contributed by atoms with Crippen molar-refractivity contribution in [3.05, 3.63) is 24.3 Å². The van der Waals surface area contributed by atoms with Gasteiger partial charge in [-0.3, -0.25) is 14.4 Å². The zero-order valence-corrected chi connectivity index (χ0v) is 55.8. The van der Waals surface area contributed by atoms with Crippen molar-refractivity contribution in [1.29, 1.82) is 0 Å². The molecule has 0 aromatic rings. The molecule has 0 aliphatic carbocycles. The van der Waals surface area contributed by atoms with E-state index in [1.165, 1.54) is 321 Å². The SMILES string of the molecule is CCCCCCC/C=C\C/C=C\CCCCCCCCCCCCCCCCCCCCCC(=O)OCC(COC(=O)CCCCCCCC)OC(=O)CCCCCCCCCCCCCCCCCCCCCCCCCCCCC. The third-order valence-corrected chi connectivity index (χ3v) is 17.2. The molecular formula is C76H144O6. The van der Waals surface area contributed by atoms with E-state index in [0.717, 1.165) is 64.2 Å². The lowest BCUT2D eigenvalue weighted by Crippen LogP contribution is -2.30. The second-order valence-corrected chi connectivity index (χ2v) is 25.6. The van der Waals surface area contributed by atoms with Crippen LogP contribution in [0.4, 0.5) is 0 Å². The van der Waals surface area contributed by atoms with Gasteiger partial charge < -0.3 is 14.2 Å². The highest BCUT2D eigenvalue weighted by Gasteiger charge is 2.20. The second-order valence-electron chi connectivity index (χ2n) is 25.6. The fourth-order valence-corrected chi connectivity index (χ4v) is 11.6. The maximum atomic E-state index is 12.9. The summed E-state index contributed by atoms with van der Waals surface area (Å²) in [5.41, 5.74) is 0. The fourth-order valence-electron chi connectivity index (χ4n) is 11.6.